The first-order valence-corrected chi connectivity index (χ1v) is 14.5. The molecule has 0 aliphatic heterocycles. The molecule has 0 heterocycles. The van der Waals surface area contributed by atoms with Crippen molar-refractivity contribution in [2.75, 3.05) is 13.2 Å². The summed E-state index contributed by atoms with van der Waals surface area (Å²) >= 11 is -4.03. The number of unbranched alkanes of at least 4 members (excludes halogenated alkanes) is 2. The van der Waals surface area contributed by atoms with Gasteiger partial charge in [-0.15, -0.1) is 0 Å². The van der Waals surface area contributed by atoms with Crippen LogP contribution in [0.15, 0.2) is 0 Å². The van der Waals surface area contributed by atoms with Crippen LogP contribution in [0.25, 0.3) is 0 Å². The van der Waals surface area contributed by atoms with Crippen LogP contribution in [0, 0.1) is 0 Å². The molecule has 0 aliphatic carbocycles. The molecule has 0 N–H and O–H groups in total. The normalized spacial score (nSPS) is 11.4. The third kappa shape index (κ3) is 12.5. The zero-order valence-corrected chi connectivity index (χ0v) is 18.5. The molecule has 0 aromatic carbocycles. The first kappa shape index (κ1) is 24.5. The number of rotatable bonds is 16. The third-order valence-corrected chi connectivity index (χ3v) is 11.7. The first-order chi connectivity index (χ1) is 11.7. The van der Waals surface area contributed by atoms with Gasteiger partial charge in [-0.25, -0.2) is 0 Å². The van der Waals surface area contributed by atoms with Crippen molar-refractivity contribution in [2.24, 2.45) is 0 Å². The first-order valence-electron chi connectivity index (χ1n) is 9.04. The van der Waals surface area contributed by atoms with E-state index in [4.69, 9.17) is 5.63 Å². The van der Waals surface area contributed by atoms with Gasteiger partial charge in [0.2, 0.25) is 0 Å². The van der Waals surface area contributed by atoms with Crippen molar-refractivity contribution in [1.82, 2.24) is 0 Å². The molecule has 0 amide bonds. The van der Waals surface area contributed by atoms with Crippen LogP contribution < -0.4 is 0 Å². The number of carbonyl (C=O) groups is 4. The molecule has 0 spiro atoms. The quantitative estimate of drug-likeness (QED) is 0.272. The van der Waals surface area contributed by atoms with E-state index < -0.39 is 21.1 Å². The van der Waals surface area contributed by atoms with E-state index in [1.807, 2.05) is 13.8 Å². The van der Waals surface area contributed by atoms with Gasteiger partial charge in [0.15, 0.2) is 0 Å². The van der Waals surface area contributed by atoms with Gasteiger partial charge in [0, 0.05) is 0 Å². The van der Waals surface area contributed by atoms with Crippen molar-refractivity contribution in [2.45, 2.75) is 74.5 Å². The monoisotopic (exact) mass is 434 g/mol. The minimum atomic E-state index is -4.03. The maximum atomic E-state index is 12.2. The Balaban J connectivity index is 5.27. The molecule has 0 saturated carbocycles. The summed E-state index contributed by atoms with van der Waals surface area (Å²) in [6, 6.07) is 0. The van der Waals surface area contributed by atoms with E-state index in [1.165, 1.54) is 13.8 Å². The van der Waals surface area contributed by atoms with Gasteiger partial charge in [0.05, 0.1) is 0 Å². The summed E-state index contributed by atoms with van der Waals surface area (Å²) in [5, 5.41) is 0. The van der Waals surface area contributed by atoms with Gasteiger partial charge in [0.25, 0.3) is 0 Å². The van der Waals surface area contributed by atoms with Gasteiger partial charge >= 0.3 is 157 Å². The van der Waals surface area contributed by atoms with Gasteiger partial charge in [-0.05, 0) is 0 Å². The molecule has 0 radical (unpaired) electrons. The van der Waals surface area contributed by atoms with Gasteiger partial charge in [0.1, 0.15) is 0 Å². The Morgan fingerprint density at radius 1 is 0.720 bits per heavy atom. The number of hydrogen-bond donors (Lipinski definition) is 0. The second-order valence-corrected chi connectivity index (χ2v) is 14.1. The van der Waals surface area contributed by atoms with E-state index in [2.05, 4.69) is 0 Å². The number of ketones is 4. The van der Waals surface area contributed by atoms with Gasteiger partial charge < -0.3 is 0 Å². The molecule has 0 aromatic heterocycles. The molecule has 0 bridgehead atoms. The molecule has 6 nitrogen and oxygen atoms in total. The predicted octanol–water partition coefficient (Wildman–Crippen LogP) is 3.54. The Morgan fingerprint density at radius 2 is 1.08 bits per heavy atom. The standard InChI is InChI=1S/2C5H7O2.2C4H9O.Zr/c2*1-4(6)3-5(2)7;2*1-2-3-4-5;/h2*1,3H2,2H3;2*2-4H2,1H3;/q;;2*-1;+2. The van der Waals surface area contributed by atoms with Crippen LogP contribution in [0.2, 0.25) is 8.26 Å². The zero-order valence-electron chi connectivity index (χ0n) is 16.0. The van der Waals surface area contributed by atoms with Crippen molar-refractivity contribution < 1.29 is 46.0 Å². The third-order valence-electron chi connectivity index (χ3n) is 3.55. The molecule has 0 rings (SSSR count). The molecule has 0 saturated heterocycles. The topological polar surface area (TPSA) is 86.7 Å². The summed E-state index contributed by atoms with van der Waals surface area (Å²) in [6.07, 6.45) is 3.18. The molecule has 0 fully saturated rings. The van der Waals surface area contributed by atoms with Gasteiger partial charge in [-0.3, -0.25) is 0 Å². The summed E-state index contributed by atoms with van der Waals surface area (Å²) in [5.41, 5.74) is 0. The second kappa shape index (κ2) is 13.7. The summed E-state index contributed by atoms with van der Waals surface area (Å²) in [7, 11) is 0. The van der Waals surface area contributed by atoms with Crippen molar-refractivity contribution in [3.63, 3.8) is 0 Å². The van der Waals surface area contributed by atoms with Crippen molar-refractivity contribution in [1.29, 1.82) is 0 Å². The van der Waals surface area contributed by atoms with E-state index in [9.17, 15) is 19.2 Å². The van der Waals surface area contributed by atoms with Crippen LogP contribution in [0.4, 0.5) is 0 Å². The van der Waals surface area contributed by atoms with Crippen LogP contribution >= 0.6 is 0 Å². The van der Waals surface area contributed by atoms with Crippen LogP contribution in [0.3, 0.4) is 0 Å². The summed E-state index contributed by atoms with van der Waals surface area (Å²) in [6.45, 7) is 7.68. The van der Waals surface area contributed by atoms with E-state index in [0.29, 0.717) is 13.2 Å². The molecule has 0 atom stereocenters. The van der Waals surface area contributed by atoms with E-state index in [-0.39, 0.29) is 44.2 Å². The Morgan fingerprint density at radius 3 is 1.36 bits per heavy atom. The predicted molar refractivity (Wildman–Crippen MR) is 91.9 cm³/mol. The Labute approximate surface area is 156 Å². The number of Topliss-reactive ketones (excluding diaryl/α,β-unsaturated/α-hetero) is 4. The zero-order chi connectivity index (χ0) is 19.3. The fraction of sp³-hybridized carbons (Fsp3) is 0.778. The van der Waals surface area contributed by atoms with Crippen LogP contribution in [-0.4, -0.2) is 36.3 Å². The van der Waals surface area contributed by atoms with Crippen molar-refractivity contribution in [3.05, 3.63) is 0 Å². The minimum absolute atomic E-state index is 0.0470. The molecule has 144 valence electrons. The number of carbonyl (C=O) groups excluding carboxylic acids is 4. The van der Waals surface area contributed by atoms with Crippen LogP contribution in [0.5, 0.6) is 0 Å². The molecule has 0 aliphatic rings. The fourth-order valence-corrected chi connectivity index (χ4v) is 10.0. The average molecular weight is 436 g/mol. The Bertz CT molecular complexity index is 418. The maximum absolute atomic E-state index is 12.2. The van der Waals surface area contributed by atoms with E-state index in [1.54, 1.807) is 0 Å². The number of hydrogen-bond acceptors (Lipinski definition) is 6. The van der Waals surface area contributed by atoms with Gasteiger partial charge in [-0.1, -0.05) is 0 Å². The Kier molecular flexibility index (Phi) is 13.4. The van der Waals surface area contributed by atoms with Crippen LogP contribution in [0.1, 0.15) is 66.2 Å². The second-order valence-electron chi connectivity index (χ2n) is 6.50. The molecular formula is C18H32O6Zr. The summed E-state index contributed by atoms with van der Waals surface area (Å²) < 4.78 is 12.2. The van der Waals surface area contributed by atoms with Crippen molar-refractivity contribution >= 4 is 23.1 Å². The molecule has 0 unspecified atom stereocenters. The molecular weight excluding hydrogens is 403 g/mol. The molecule has 0 aromatic rings. The van der Waals surface area contributed by atoms with E-state index >= 15 is 0 Å². The van der Waals surface area contributed by atoms with E-state index in [0.717, 1.165) is 25.7 Å². The Hall–Kier alpha value is -0.517. The fourth-order valence-electron chi connectivity index (χ4n) is 2.39. The summed E-state index contributed by atoms with van der Waals surface area (Å²) in [4.78, 5) is 46.9. The molecule has 7 heteroatoms. The average Bonchev–Trinajstić information content (AvgIpc) is 2.45. The van der Waals surface area contributed by atoms with Crippen molar-refractivity contribution in [3.8, 4) is 0 Å². The SMILES string of the molecule is CCCC[O][Zr]([CH2]C(=O)CC(C)=O)([CH2]C(=O)CC(C)=O)[O]CCCC. The molecule has 25 heavy (non-hydrogen) atoms. The van der Waals surface area contributed by atoms with Gasteiger partial charge in [-0.2, -0.15) is 0 Å². The van der Waals surface area contributed by atoms with Crippen LogP contribution in [-0.2, 0) is 46.0 Å². The summed E-state index contributed by atoms with van der Waals surface area (Å²) in [5.74, 6) is -0.872.